The highest BCUT2D eigenvalue weighted by atomic mass is 32.1. The van der Waals surface area contributed by atoms with Crippen LogP contribution < -0.4 is 10.2 Å². The zero-order valence-corrected chi connectivity index (χ0v) is 18.0. The first-order valence-electron chi connectivity index (χ1n) is 10.2. The van der Waals surface area contributed by atoms with Crippen LogP contribution in [0.1, 0.15) is 15.9 Å². The number of carbonyl (C=O) groups excluding carboxylic acids is 1. The van der Waals surface area contributed by atoms with Gasteiger partial charge in [0.2, 0.25) is 0 Å². The van der Waals surface area contributed by atoms with Crippen molar-refractivity contribution in [1.82, 2.24) is 9.97 Å². The van der Waals surface area contributed by atoms with Gasteiger partial charge in [-0.05, 0) is 61.0 Å². The van der Waals surface area contributed by atoms with Crippen LogP contribution in [0.4, 0.5) is 11.5 Å². The van der Waals surface area contributed by atoms with Gasteiger partial charge in [0.15, 0.2) is 0 Å². The minimum Gasteiger partial charge on any atom is -0.378 e. The molecule has 1 fully saturated rings. The molecule has 7 heteroatoms. The lowest BCUT2D eigenvalue weighted by Gasteiger charge is -2.29. The van der Waals surface area contributed by atoms with Gasteiger partial charge in [0.05, 0.1) is 29.0 Å². The number of carbonyl (C=O) groups is 1. The Hall–Kier alpha value is -3.29. The molecule has 1 N–H and O–H groups in total. The number of nitrogens with zero attached hydrogens (tertiary/aromatic N) is 3. The summed E-state index contributed by atoms with van der Waals surface area (Å²) in [4.78, 5) is 24.2. The van der Waals surface area contributed by atoms with Crippen LogP contribution >= 0.6 is 11.3 Å². The summed E-state index contributed by atoms with van der Waals surface area (Å²) < 4.78 is 6.60. The van der Waals surface area contributed by atoms with Gasteiger partial charge in [0.1, 0.15) is 10.8 Å². The van der Waals surface area contributed by atoms with E-state index in [0.717, 1.165) is 34.9 Å². The van der Waals surface area contributed by atoms with Crippen LogP contribution in [0, 0.1) is 6.92 Å². The molecule has 0 aliphatic carbocycles. The van der Waals surface area contributed by atoms with Crippen molar-refractivity contribution in [2.75, 3.05) is 36.5 Å². The number of fused-ring (bicyclic) bond motifs is 1. The SMILES string of the molecule is Cc1ccc2nc(-c3ccc(NC(=O)c4cccnc4N4CCOCC4)cc3)sc2c1. The van der Waals surface area contributed by atoms with E-state index >= 15 is 0 Å². The van der Waals surface area contributed by atoms with Crippen LogP contribution in [0.15, 0.2) is 60.8 Å². The first kappa shape index (κ1) is 19.7. The molecule has 1 aliphatic heterocycles. The molecule has 4 aromatic rings. The maximum atomic E-state index is 13.0. The predicted molar refractivity (Wildman–Crippen MR) is 125 cm³/mol. The highest BCUT2D eigenvalue weighted by Crippen LogP contribution is 2.31. The second kappa shape index (κ2) is 8.45. The lowest BCUT2D eigenvalue weighted by atomic mass is 10.2. The molecule has 1 amide bonds. The molecular weight excluding hydrogens is 408 g/mol. The molecule has 2 aromatic carbocycles. The topological polar surface area (TPSA) is 67.4 Å². The standard InChI is InChI=1S/C24H22N4O2S/c1-16-4-9-20-21(15-16)31-24(27-20)17-5-7-18(8-6-17)26-23(29)19-3-2-10-25-22(19)28-11-13-30-14-12-28/h2-10,15H,11-14H2,1H3,(H,26,29). The molecule has 156 valence electrons. The lowest BCUT2D eigenvalue weighted by molar-refractivity contribution is 0.102. The van der Waals surface area contributed by atoms with Crippen LogP contribution in [-0.2, 0) is 4.74 Å². The van der Waals surface area contributed by atoms with Gasteiger partial charge in [-0.15, -0.1) is 11.3 Å². The Morgan fingerprint density at radius 1 is 1.10 bits per heavy atom. The average Bonchev–Trinajstić information content (AvgIpc) is 3.23. The second-order valence-corrected chi connectivity index (χ2v) is 8.53. The van der Waals surface area contributed by atoms with E-state index in [2.05, 4.69) is 40.3 Å². The van der Waals surface area contributed by atoms with Crippen molar-refractivity contribution in [2.45, 2.75) is 6.92 Å². The molecule has 0 saturated carbocycles. The van der Waals surface area contributed by atoms with Crippen molar-refractivity contribution in [3.05, 3.63) is 71.9 Å². The van der Waals surface area contributed by atoms with Gasteiger partial charge in [0, 0.05) is 30.5 Å². The first-order valence-corrected chi connectivity index (χ1v) is 11.1. The summed E-state index contributed by atoms with van der Waals surface area (Å²) in [6, 6.07) is 17.7. The number of aromatic nitrogens is 2. The summed E-state index contributed by atoms with van der Waals surface area (Å²) in [5.41, 5.74) is 4.58. The summed E-state index contributed by atoms with van der Waals surface area (Å²) in [6.45, 7) is 4.83. The summed E-state index contributed by atoms with van der Waals surface area (Å²) in [6.07, 6.45) is 1.72. The number of ether oxygens (including phenoxy) is 1. The number of aryl methyl sites for hydroxylation is 1. The van der Waals surface area contributed by atoms with E-state index < -0.39 is 0 Å². The van der Waals surface area contributed by atoms with Gasteiger partial charge >= 0.3 is 0 Å². The van der Waals surface area contributed by atoms with Crippen LogP contribution in [0.3, 0.4) is 0 Å². The largest absolute Gasteiger partial charge is 0.378 e. The molecule has 0 bridgehead atoms. The predicted octanol–water partition coefficient (Wildman–Crippen LogP) is 4.76. The van der Waals surface area contributed by atoms with Crippen molar-refractivity contribution in [1.29, 1.82) is 0 Å². The van der Waals surface area contributed by atoms with E-state index in [1.54, 1.807) is 23.6 Å². The van der Waals surface area contributed by atoms with Crippen LogP contribution in [0.2, 0.25) is 0 Å². The van der Waals surface area contributed by atoms with E-state index in [0.29, 0.717) is 24.6 Å². The van der Waals surface area contributed by atoms with Gasteiger partial charge < -0.3 is 15.0 Å². The zero-order chi connectivity index (χ0) is 21.2. The number of morpholine rings is 1. The van der Waals surface area contributed by atoms with Crippen molar-refractivity contribution in [3.8, 4) is 10.6 Å². The number of nitrogens with one attached hydrogen (secondary N) is 1. The average molecular weight is 431 g/mol. The number of rotatable bonds is 4. The number of hydrogen-bond donors (Lipinski definition) is 1. The molecule has 0 atom stereocenters. The second-order valence-electron chi connectivity index (χ2n) is 7.50. The number of amides is 1. The minimum absolute atomic E-state index is 0.169. The number of thiazole rings is 1. The molecule has 2 aromatic heterocycles. The van der Waals surface area contributed by atoms with E-state index in [4.69, 9.17) is 9.72 Å². The quantitative estimate of drug-likeness (QED) is 0.506. The van der Waals surface area contributed by atoms with Crippen LogP contribution in [-0.4, -0.2) is 42.2 Å². The maximum Gasteiger partial charge on any atom is 0.259 e. The fraction of sp³-hybridized carbons (Fsp3) is 0.208. The smallest absolute Gasteiger partial charge is 0.259 e. The van der Waals surface area contributed by atoms with Crippen molar-refractivity contribution in [3.63, 3.8) is 0 Å². The molecule has 1 saturated heterocycles. The Morgan fingerprint density at radius 3 is 2.71 bits per heavy atom. The molecule has 0 spiro atoms. The van der Waals surface area contributed by atoms with E-state index in [1.165, 1.54) is 10.3 Å². The number of benzene rings is 2. The molecule has 3 heterocycles. The van der Waals surface area contributed by atoms with Crippen molar-refractivity contribution in [2.24, 2.45) is 0 Å². The first-order chi connectivity index (χ1) is 15.2. The molecule has 0 radical (unpaired) electrons. The van der Waals surface area contributed by atoms with Crippen molar-refractivity contribution >= 4 is 39.0 Å². The summed E-state index contributed by atoms with van der Waals surface area (Å²) in [5.74, 6) is 0.530. The highest BCUT2D eigenvalue weighted by molar-refractivity contribution is 7.21. The molecule has 5 rings (SSSR count). The highest BCUT2D eigenvalue weighted by Gasteiger charge is 2.20. The van der Waals surface area contributed by atoms with E-state index in [1.807, 2.05) is 30.3 Å². The Morgan fingerprint density at radius 2 is 1.90 bits per heavy atom. The molecule has 0 unspecified atom stereocenters. The number of anilines is 2. The van der Waals surface area contributed by atoms with E-state index in [-0.39, 0.29) is 5.91 Å². The summed E-state index contributed by atoms with van der Waals surface area (Å²) in [7, 11) is 0. The third-order valence-corrected chi connectivity index (χ3v) is 6.34. The lowest BCUT2D eigenvalue weighted by Crippen LogP contribution is -2.38. The van der Waals surface area contributed by atoms with E-state index in [9.17, 15) is 4.79 Å². The fourth-order valence-electron chi connectivity index (χ4n) is 3.65. The van der Waals surface area contributed by atoms with Crippen LogP contribution in [0.5, 0.6) is 0 Å². The zero-order valence-electron chi connectivity index (χ0n) is 17.2. The Kier molecular flexibility index (Phi) is 5.36. The van der Waals surface area contributed by atoms with Gasteiger partial charge in [-0.2, -0.15) is 0 Å². The Balaban J connectivity index is 1.34. The number of hydrogen-bond acceptors (Lipinski definition) is 6. The fourth-order valence-corrected chi connectivity index (χ4v) is 4.72. The van der Waals surface area contributed by atoms with Gasteiger partial charge in [-0.3, -0.25) is 4.79 Å². The molecule has 31 heavy (non-hydrogen) atoms. The third-order valence-electron chi connectivity index (χ3n) is 5.28. The molecule has 1 aliphatic rings. The maximum absolute atomic E-state index is 13.0. The van der Waals surface area contributed by atoms with Gasteiger partial charge in [0.25, 0.3) is 5.91 Å². The van der Waals surface area contributed by atoms with Gasteiger partial charge in [-0.25, -0.2) is 9.97 Å². The minimum atomic E-state index is -0.169. The molecular formula is C24H22N4O2S. The normalized spacial score (nSPS) is 14.0. The molecule has 6 nitrogen and oxygen atoms in total. The summed E-state index contributed by atoms with van der Waals surface area (Å²) >= 11 is 1.68. The van der Waals surface area contributed by atoms with Gasteiger partial charge in [-0.1, -0.05) is 6.07 Å². The van der Waals surface area contributed by atoms with Crippen molar-refractivity contribution < 1.29 is 9.53 Å². The van der Waals surface area contributed by atoms with Crippen LogP contribution in [0.25, 0.3) is 20.8 Å². The monoisotopic (exact) mass is 430 g/mol. The third kappa shape index (κ3) is 4.15. The summed E-state index contributed by atoms with van der Waals surface area (Å²) in [5, 5.41) is 3.97. The number of pyridine rings is 1. The Bertz CT molecular complexity index is 1230. The Labute approximate surface area is 184 Å².